The lowest BCUT2D eigenvalue weighted by Gasteiger charge is -2.14. The zero-order valence-corrected chi connectivity index (χ0v) is 15.4. The Labute approximate surface area is 157 Å². The van der Waals surface area contributed by atoms with Gasteiger partial charge in [0.05, 0.1) is 18.0 Å². The number of amides is 1. The van der Waals surface area contributed by atoms with Crippen molar-refractivity contribution in [2.24, 2.45) is 0 Å². The molecule has 0 spiro atoms. The number of rotatable bonds is 7. The average molecular weight is 366 g/mol. The molecule has 0 saturated carbocycles. The summed E-state index contributed by atoms with van der Waals surface area (Å²) < 4.78 is 6.68. The lowest BCUT2D eigenvalue weighted by molar-refractivity contribution is -0.120. The van der Waals surface area contributed by atoms with E-state index >= 15 is 0 Å². The number of benzene rings is 2. The highest BCUT2D eigenvalue weighted by molar-refractivity contribution is 5.80. The predicted molar refractivity (Wildman–Crippen MR) is 105 cm³/mol. The van der Waals surface area contributed by atoms with Gasteiger partial charge in [0.2, 0.25) is 11.9 Å². The molecule has 0 unspecified atom stereocenters. The Kier molecular flexibility index (Phi) is 5.71. The van der Waals surface area contributed by atoms with E-state index in [1.807, 2.05) is 37.3 Å². The lowest BCUT2D eigenvalue weighted by atomic mass is 10.1. The summed E-state index contributed by atoms with van der Waals surface area (Å²) in [6, 6.07) is 14.7. The summed E-state index contributed by atoms with van der Waals surface area (Å²) in [5, 5.41) is 0.550. The van der Waals surface area contributed by atoms with Crippen molar-refractivity contribution in [1.29, 1.82) is 0 Å². The Morgan fingerprint density at radius 1 is 1.19 bits per heavy atom. The van der Waals surface area contributed by atoms with E-state index in [1.54, 1.807) is 25.3 Å². The first kappa shape index (κ1) is 18.4. The van der Waals surface area contributed by atoms with Crippen LogP contribution in [0.25, 0.3) is 10.9 Å². The lowest BCUT2D eigenvalue weighted by Crippen LogP contribution is -2.34. The number of fused-ring (bicyclic) bond motifs is 1. The van der Waals surface area contributed by atoms with E-state index in [-0.39, 0.29) is 11.5 Å². The van der Waals surface area contributed by atoms with E-state index in [4.69, 9.17) is 4.74 Å². The number of hydrogen-bond donors (Lipinski definition) is 2. The number of carbonyl (C=O) groups is 1. The molecule has 2 N–H and O–H groups in total. The summed E-state index contributed by atoms with van der Waals surface area (Å²) >= 11 is 0. The number of methoxy groups -OCH3 is 1. The second kappa shape index (κ2) is 8.35. The minimum atomic E-state index is -0.192. The smallest absolute Gasteiger partial charge is 0.262 e. The summed E-state index contributed by atoms with van der Waals surface area (Å²) in [4.78, 5) is 29.2. The third-order valence-electron chi connectivity index (χ3n) is 4.27. The molecule has 27 heavy (non-hydrogen) atoms. The number of nitrogens with zero attached hydrogens (tertiary/aromatic N) is 2. The van der Waals surface area contributed by atoms with Crippen LogP contribution in [0.2, 0.25) is 0 Å². The van der Waals surface area contributed by atoms with Crippen LogP contribution in [0.5, 0.6) is 5.75 Å². The summed E-state index contributed by atoms with van der Waals surface area (Å²) in [6.45, 7) is 2.30. The quantitative estimate of drug-likeness (QED) is 0.628. The molecule has 140 valence electrons. The highest BCUT2D eigenvalue weighted by Crippen LogP contribution is 2.14. The van der Waals surface area contributed by atoms with E-state index in [2.05, 4.69) is 15.8 Å². The standard InChI is InChI=1S/C20H22N4O3/c1-3-24-19(26)16-9-4-5-10-17(16)21-20(24)23-22-18(25)12-11-14-7-6-8-15(13-14)27-2/h4-10,13H,3,11-12H2,1-2H3,(H,21,23)(H,22,25). The van der Waals surface area contributed by atoms with E-state index in [0.29, 0.717) is 36.2 Å². The Morgan fingerprint density at radius 2 is 2.00 bits per heavy atom. The molecule has 1 heterocycles. The van der Waals surface area contributed by atoms with Crippen molar-refractivity contribution in [3.63, 3.8) is 0 Å². The minimum Gasteiger partial charge on any atom is -0.497 e. The van der Waals surface area contributed by atoms with Gasteiger partial charge in [0.1, 0.15) is 5.75 Å². The maximum atomic E-state index is 12.6. The topological polar surface area (TPSA) is 85.2 Å². The van der Waals surface area contributed by atoms with Crippen molar-refractivity contribution in [2.75, 3.05) is 12.5 Å². The zero-order chi connectivity index (χ0) is 19.2. The van der Waals surface area contributed by atoms with Crippen LogP contribution >= 0.6 is 0 Å². The number of nitrogens with one attached hydrogen (secondary N) is 2. The van der Waals surface area contributed by atoms with Crippen LogP contribution < -0.4 is 21.1 Å². The molecule has 1 amide bonds. The van der Waals surface area contributed by atoms with Crippen molar-refractivity contribution >= 4 is 22.8 Å². The summed E-state index contributed by atoms with van der Waals surface area (Å²) in [5.74, 6) is 0.886. The van der Waals surface area contributed by atoms with Gasteiger partial charge < -0.3 is 4.74 Å². The Morgan fingerprint density at radius 3 is 2.78 bits per heavy atom. The van der Waals surface area contributed by atoms with Crippen molar-refractivity contribution in [2.45, 2.75) is 26.3 Å². The largest absolute Gasteiger partial charge is 0.497 e. The molecule has 0 atom stereocenters. The number of aryl methyl sites for hydroxylation is 1. The second-order valence-corrected chi connectivity index (χ2v) is 6.03. The monoisotopic (exact) mass is 366 g/mol. The molecule has 7 nitrogen and oxygen atoms in total. The molecule has 0 aliphatic carbocycles. The summed E-state index contributed by atoms with van der Waals surface area (Å²) in [7, 11) is 1.61. The van der Waals surface area contributed by atoms with Gasteiger partial charge in [0, 0.05) is 13.0 Å². The fraction of sp³-hybridized carbons (Fsp3) is 0.250. The van der Waals surface area contributed by atoms with E-state index in [9.17, 15) is 9.59 Å². The molecule has 7 heteroatoms. The molecule has 0 radical (unpaired) electrons. The number of hydrogen-bond acceptors (Lipinski definition) is 5. The summed E-state index contributed by atoms with van der Waals surface area (Å²) in [6.07, 6.45) is 0.876. The fourth-order valence-electron chi connectivity index (χ4n) is 2.83. The zero-order valence-electron chi connectivity index (χ0n) is 15.4. The van der Waals surface area contributed by atoms with E-state index in [1.165, 1.54) is 4.57 Å². The maximum Gasteiger partial charge on any atom is 0.262 e. The van der Waals surface area contributed by atoms with Gasteiger partial charge in [-0.3, -0.25) is 25.0 Å². The summed E-state index contributed by atoms with van der Waals surface area (Å²) in [5.41, 5.74) is 6.86. The number of carbonyl (C=O) groups excluding carboxylic acids is 1. The van der Waals surface area contributed by atoms with Gasteiger partial charge in [0.25, 0.3) is 5.56 Å². The molecular formula is C20H22N4O3. The van der Waals surface area contributed by atoms with Crippen LogP contribution in [-0.4, -0.2) is 22.6 Å². The van der Waals surface area contributed by atoms with Crippen molar-refractivity contribution in [3.05, 3.63) is 64.4 Å². The van der Waals surface area contributed by atoms with Gasteiger partial charge in [-0.25, -0.2) is 4.98 Å². The van der Waals surface area contributed by atoms with E-state index < -0.39 is 0 Å². The molecule has 3 aromatic rings. The Bertz CT molecular complexity index is 1010. The van der Waals surface area contributed by atoms with Crippen LogP contribution in [0.3, 0.4) is 0 Å². The van der Waals surface area contributed by atoms with Crippen molar-refractivity contribution in [3.8, 4) is 5.75 Å². The Balaban J connectivity index is 1.67. The minimum absolute atomic E-state index is 0.142. The van der Waals surface area contributed by atoms with Crippen LogP contribution in [0.15, 0.2) is 53.3 Å². The molecule has 0 aliphatic heterocycles. The molecule has 0 fully saturated rings. The third-order valence-corrected chi connectivity index (χ3v) is 4.27. The van der Waals surface area contributed by atoms with Crippen LogP contribution in [0.4, 0.5) is 5.95 Å². The van der Waals surface area contributed by atoms with Gasteiger partial charge in [0.15, 0.2) is 0 Å². The van der Waals surface area contributed by atoms with Gasteiger partial charge in [-0.15, -0.1) is 0 Å². The second-order valence-electron chi connectivity index (χ2n) is 6.03. The Hall–Kier alpha value is -3.35. The number of hydrazine groups is 1. The van der Waals surface area contributed by atoms with Gasteiger partial charge in [-0.05, 0) is 43.2 Å². The number of para-hydroxylation sites is 1. The molecule has 2 aromatic carbocycles. The predicted octanol–water partition coefficient (Wildman–Crippen LogP) is 2.50. The van der Waals surface area contributed by atoms with Crippen LogP contribution in [0, 0.1) is 0 Å². The third kappa shape index (κ3) is 4.25. The molecule has 0 saturated heterocycles. The molecule has 0 bridgehead atoms. The van der Waals surface area contributed by atoms with Crippen molar-refractivity contribution in [1.82, 2.24) is 15.0 Å². The first-order valence-electron chi connectivity index (χ1n) is 8.79. The molecule has 0 aliphatic rings. The molecular weight excluding hydrogens is 344 g/mol. The van der Waals surface area contributed by atoms with Gasteiger partial charge in [-0.1, -0.05) is 24.3 Å². The van der Waals surface area contributed by atoms with Crippen molar-refractivity contribution < 1.29 is 9.53 Å². The molecule has 3 rings (SSSR count). The van der Waals surface area contributed by atoms with Gasteiger partial charge >= 0.3 is 0 Å². The highest BCUT2D eigenvalue weighted by Gasteiger charge is 2.10. The van der Waals surface area contributed by atoms with E-state index in [0.717, 1.165) is 11.3 Å². The number of ether oxygens (including phenoxy) is 1. The average Bonchev–Trinajstić information content (AvgIpc) is 2.71. The number of anilines is 1. The van der Waals surface area contributed by atoms with Crippen LogP contribution in [-0.2, 0) is 17.8 Å². The normalized spacial score (nSPS) is 10.6. The van der Waals surface area contributed by atoms with Gasteiger partial charge in [-0.2, -0.15) is 0 Å². The first-order chi connectivity index (χ1) is 13.1. The van der Waals surface area contributed by atoms with Crippen LogP contribution in [0.1, 0.15) is 18.9 Å². The SMILES string of the molecule is CCn1c(NNC(=O)CCc2cccc(OC)c2)nc2ccccc2c1=O. The fourth-order valence-corrected chi connectivity index (χ4v) is 2.83. The molecule has 1 aromatic heterocycles. The number of aromatic nitrogens is 2. The maximum absolute atomic E-state index is 12.6. The highest BCUT2D eigenvalue weighted by atomic mass is 16.5. The first-order valence-corrected chi connectivity index (χ1v) is 8.79.